The summed E-state index contributed by atoms with van der Waals surface area (Å²) >= 11 is 0. The van der Waals surface area contributed by atoms with Gasteiger partial charge in [-0.25, -0.2) is 4.98 Å². The number of nitrogens with zero attached hydrogens (tertiary/aromatic N) is 1. The maximum atomic E-state index is 5.56. The molecule has 0 fully saturated rings. The van der Waals surface area contributed by atoms with Crippen molar-refractivity contribution in [2.75, 3.05) is 20.3 Å². The van der Waals surface area contributed by atoms with Crippen LogP contribution in [0, 0.1) is 0 Å². The predicted molar refractivity (Wildman–Crippen MR) is 70.9 cm³/mol. The number of nitrogens with one attached hydrogen (secondary N) is 1. The molecule has 0 saturated carbocycles. The lowest BCUT2D eigenvalue weighted by molar-refractivity contribution is 0.146. The fourth-order valence-corrected chi connectivity index (χ4v) is 1.65. The van der Waals surface area contributed by atoms with E-state index in [1.165, 1.54) is 12.0 Å². The van der Waals surface area contributed by atoms with Crippen LogP contribution in [0.2, 0.25) is 0 Å². The number of methoxy groups -OCH3 is 1. The Bertz CT molecular complexity index is 471. The average Bonchev–Trinajstić information content (AvgIpc) is 2.93. The molecule has 0 bridgehead atoms. The summed E-state index contributed by atoms with van der Waals surface area (Å²) in [6, 6.07) is 8.00. The van der Waals surface area contributed by atoms with Crippen LogP contribution in [0.5, 0.6) is 5.75 Å². The Hall–Kier alpha value is -1.85. The Morgan fingerprint density at radius 3 is 3.00 bits per heavy atom. The minimum absolute atomic E-state index is 0.562. The van der Waals surface area contributed by atoms with Crippen LogP contribution in [0.15, 0.2) is 41.3 Å². The normalized spacial score (nSPS) is 10.6. The van der Waals surface area contributed by atoms with Crippen LogP contribution < -0.4 is 10.1 Å². The predicted octanol–water partition coefficient (Wildman–Crippen LogP) is 1.99. The van der Waals surface area contributed by atoms with E-state index >= 15 is 0 Å². The minimum atomic E-state index is 0.562. The van der Waals surface area contributed by atoms with Gasteiger partial charge in [0, 0.05) is 20.2 Å². The minimum Gasteiger partial charge on any atom is -0.491 e. The maximum Gasteiger partial charge on any atom is 0.180 e. The van der Waals surface area contributed by atoms with Crippen LogP contribution in [0.4, 0.5) is 0 Å². The summed E-state index contributed by atoms with van der Waals surface area (Å²) < 4.78 is 15.4. The Balaban J connectivity index is 1.78. The zero-order valence-electron chi connectivity index (χ0n) is 11.0. The zero-order valence-corrected chi connectivity index (χ0v) is 11.0. The molecule has 2 aromatic rings. The standard InChI is InChI=1S/C14H18N2O3/c1-17-5-6-19-14-4-2-3-12(7-14)8-15-9-13-10-18-11-16-13/h2-4,7,10-11,15H,5-6,8-9H2,1H3. The largest absolute Gasteiger partial charge is 0.491 e. The third-order valence-electron chi connectivity index (χ3n) is 2.57. The second-order valence-corrected chi connectivity index (χ2v) is 4.07. The first-order chi connectivity index (χ1) is 9.38. The van der Waals surface area contributed by atoms with Gasteiger partial charge in [0.05, 0.1) is 12.3 Å². The molecule has 0 radical (unpaired) electrons. The molecule has 5 nitrogen and oxygen atoms in total. The molecule has 1 heterocycles. The summed E-state index contributed by atoms with van der Waals surface area (Å²) in [4.78, 5) is 4.05. The van der Waals surface area contributed by atoms with Crippen molar-refractivity contribution >= 4 is 0 Å². The van der Waals surface area contributed by atoms with Gasteiger partial charge < -0.3 is 19.2 Å². The molecule has 0 aliphatic carbocycles. The number of rotatable bonds is 8. The van der Waals surface area contributed by atoms with E-state index in [1.807, 2.05) is 18.2 Å². The van der Waals surface area contributed by atoms with Crippen LogP contribution in [0.3, 0.4) is 0 Å². The number of hydrogen-bond acceptors (Lipinski definition) is 5. The third kappa shape index (κ3) is 4.73. The lowest BCUT2D eigenvalue weighted by Crippen LogP contribution is -2.13. The van der Waals surface area contributed by atoms with Gasteiger partial charge in [-0.3, -0.25) is 0 Å². The van der Waals surface area contributed by atoms with E-state index in [2.05, 4.69) is 16.4 Å². The van der Waals surface area contributed by atoms with Crippen LogP contribution in [-0.4, -0.2) is 25.3 Å². The summed E-state index contributed by atoms with van der Waals surface area (Å²) in [5, 5.41) is 3.30. The quantitative estimate of drug-likeness (QED) is 0.737. The van der Waals surface area contributed by atoms with Crippen molar-refractivity contribution < 1.29 is 13.9 Å². The summed E-state index contributed by atoms with van der Waals surface area (Å²) in [6.45, 7) is 2.60. The second-order valence-electron chi connectivity index (χ2n) is 4.07. The molecule has 0 aliphatic heterocycles. The molecule has 1 aromatic carbocycles. The Kier molecular flexibility index (Phi) is 5.40. The van der Waals surface area contributed by atoms with Crippen LogP contribution in [-0.2, 0) is 17.8 Å². The summed E-state index contributed by atoms with van der Waals surface area (Å²) in [7, 11) is 1.66. The zero-order chi connectivity index (χ0) is 13.3. The summed E-state index contributed by atoms with van der Waals surface area (Å²) in [5.74, 6) is 0.859. The molecule has 1 aromatic heterocycles. The van der Waals surface area contributed by atoms with Gasteiger partial charge in [0.15, 0.2) is 6.39 Å². The molecule has 2 rings (SSSR count). The molecule has 0 aliphatic rings. The topological polar surface area (TPSA) is 56.5 Å². The van der Waals surface area contributed by atoms with Crippen molar-refractivity contribution in [3.63, 3.8) is 0 Å². The third-order valence-corrected chi connectivity index (χ3v) is 2.57. The average molecular weight is 262 g/mol. The van der Waals surface area contributed by atoms with Gasteiger partial charge in [0.2, 0.25) is 0 Å². The van der Waals surface area contributed by atoms with E-state index in [9.17, 15) is 0 Å². The van der Waals surface area contributed by atoms with Gasteiger partial charge >= 0.3 is 0 Å². The number of aromatic nitrogens is 1. The van der Waals surface area contributed by atoms with Gasteiger partial charge in [-0.05, 0) is 17.7 Å². The second kappa shape index (κ2) is 7.56. The van der Waals surface area contributed by atoms with E-state index in [-0.39, 0.29) is 0 Å². The molecule has 5 heteroatoms. The fraction of sp³-hybridized carbons (Fsp3) is 0.357. The molecule has 0 unspecified atom stereocenters. The van der Waals surface area contributed by atoms with Crippen molar-refractivity contribution in [2.45, 2.75) is 13.1 Å². The molecule has 0 amide bonds. The fourth-order valence-electron chi connectivity index (χ4n) is 1.65. The summed E-state index contributed by atoms with van der Waals surface area (Å²) in [6.07, 6.45) is 3.07. The van der Waals surface area contributed by atoms with Crippen LogP contribution in [0.1, 0.15) is 11.3 Å². The van der Waals surface area contributed by atoms with Gasteiger partial charge in [0.1, 0.15) is 18.6 Å². The molecule has 102 valence electrons. The van der Waals surface area contributed by atoms with E-state index in [0.29, 0.717) is 19.8 Å². The van der Waals surface area contributed by atoms with E-state index in [0.717, 1.165) is 18.0 Å². The number of benzene rings is 1. The van der Waals surface area contributed by atoms with Crippen molar-refractivity contribution in [1.29, 1.82) is 0 Å². The van der Waals surface area contributed by atoms with Gasteiger partial charge in [-0.1, -0.05) is 12.1 Å². The highest BCUT2D eigenvalue weighted by atomic mass is 16.5. The number of ether oxygens (including phenoxy) is 2. The smallest absolute Gasteiger partial charge is 0.180 e. The van der Waals surface area contributed by atoms with Crippen LogP contribution in [0.25, 0.3) is 0 Å². The van der Waals surface area contributed by atoms with Crippen molar-refractivity contribution in [3.05, 3.63) is 48.2 Å². The Morgan fingerprint density at radius 2 is 2.21 bits per heavy atom. The molecule has 0 saturated heterocycles. The number of oxazole rings is 1. The first kappa shape index (κ1) is 13.6. The molecule has 0 atom stereocenters. The molecular weight excluding hydrogens is 244 g/mol. The van der Waals surface area contributed by atoms with E-state index < -0.39 is 0 Å². The van der Waals surface area contributed by atoms with Crippen LogP contribution >= 0.6 is 0 Å². The first-order valence-electron chi connectivity index (χ1n) is 6.17. The lowest BCUT2D eigenvalue weighted by atomic mass is 10.2. The monoisotopic (exact) mass is 262 g/mol. The van der Waals surface area contributed by atoms with Gasteiger partial charge in [-0.15, -0.1) is 0 Å². The lowest BCUT2D eigenvalue weighted by Gasteiger charge is -2.08. The SMILES string of the molecule is COCCOc1cccc(CNCc2cocn2)c1. The summed E-state index contributed by atoms with van der Waals surface area (Å²) in [5.41, 5.74) is 2.06. The molecule has 19 heavy (non-hydrogen) atoms. The van der Waals surface area contributed by atoms with Crippen molar-refractivity contribution in [2.24, 2.45) is 0 Å². The van der Waals surface area contributed by atoms with E-state index in [4.69, 9.17) is 13.9 Å². The molecular formula is C14H18N2O3. The highest BCUT2D eigenvalue weighted by Crippen LogP contribution is 2.13. The molecule has 0 spiro atoms. The molecule has 1 N–H and O–H groups in total. The highest BCUT2D eigenvalue weighted by Gasteiger charge is 1.99. The van der Waals surface area contributed by atoms with Gasteiger partial charge in [0.25, 0.3) is 0 Å². The Morgan fingerprint density at radius 1 is 1.26 bits per heavy atom. The van der Waals surface area contributed by atoms with Crippen molar-refractivity contribution in [3.8, 4) is 5.75 Å². The van der Waals surface area contributed by atoms with Crippen molar-refractivity contribution in [1.82, 2.24) is 10.3 Å². The Labute approximate surface area is 112 Å². The first-order valence-corrected chi connectivity index (χ1v) is 6.17. The van der Waals surface area contributed by atoms with Gasteiger partial charge in [-0.2, -0.15) is 0 Å². The highest BCUT2D eigenvalue weighted by molar-refractivity contribution is 5.28. The maximum absolute atomic E-state index is 5.56. The number of hydrogen-bond donors (Lipinski definition) is 1. The van der Waals surface area contributed by atoms with E-state index in [1.54, 1.807) is 13.4 Å².